The zero-order valence-corrected chi connectivity index (χ0v) is 13.4. The van der Waals surface area contributed by atoms with Gasteiger partial charge in [-0.3, -0.25) is 14.5 Å². The van der Waals surface area contributed by atoms with Gasteiger partial charge in [0, 0.05) is 4.47 Å². The SMILES string of the molecule is Cc1cc(C)cc(CN2C(=O)C(=O)c3cccc(Br)c32)c1. The molecule has 0 N–H and O–H groups in total. The number of ketones is 1. The molecule has 3 nitrogen and oxygen atoms in total. The van der Waals surface area contributed by atoms with Crippen molar-refractivity contribution in [1.29, 1.82) is 0 Å². The zero-order chi connectivity index (χ0) is 15.1. The van der Waals surface area contributed by atoms with Gasteiger partial charge < -0.3 is 0 Å². The lowest BCUT2D eigenvalue weighted by atomic mass is 10.1. The number of anilines is 1. The van der Waals surface area contributed by atoms with Crippen LogP contribution >= 0.6 is 15.9 Å². The van der Waals surface area contributed by atoms with Gasteiger partial charge in [-0.1, -0.05) is 35.4 Å². The smallest absolute Gasteiger partial charge is 0.299 e. The second kappa shape index (κ2) is 5.11. The van der Waals surface area contributed by atoms with E-state index in [1.54, 1.807) is 17.0 Å². The fourth-order valence-electron chi connectivity index (χ4n) is 2.81. The number of hydrogen-bond acceptors (Lipinski definition) is 2. The van der Waals surface area contributed by atoms with Gasteiger partial charge in [0.25, 0.3) is 11.7 Å². The van der Waals surface area contributed by atoms with Crippen molar-refractivity contribution in [3.63, 3.8) is 0 Å². The molecular weight excluding hydrogens is 330 g/mol. The number of hydrogen-bond donors (Lipinski definition) is 0. The Labute approximate surface area is 131 Å². The van der Waals surface area contributed by atoms with E-state index in [4.69, 9.17) is 0 Å². The van der Waals surface area contributed by atoms with Crippen LogP contribution in [0.5, 0.6) is 0 Å². The molecule has 0 aromatic heterocycles. The Morgan fingerprint density at radius 3 is 2.38 bits per heavy atom. The van der Waals surface area contributed by atoms with Crippen LogP contribution in [-0.4, -0.2) is 11.7 Å². The van der Waals surface area contributed by atoms with Gasteiger partial charge in [0.2, 0.25) is 0 Å². The molecule has 1 heterocycles. The molecule has 0 bridgehead atoms. The Hall–Kier alpha value is -1.94. The summed E-state index contributed by atoms with van der Waals surface area (Å²) in [6.07, 6.45) is 0. The lowest BCUT2D eigenvalue weighted by molar-refractivity contribution is -0.114. The van der Waals surface area contributed by atoms with Crippen LogP contribution in [-0.2, 0) is 11.3 Å². The molecule has 1 aliphatic heterocycles. The topological polar surface area (TPSA) is 37.4 Å². The van der Waals surface area contributed by atoms with Crippen molar-refractivity contribution in [2.75, 3.05) is 4.90 Å². The quantitative estimate of drug-likeness (QED) is 0.778. The number of nitrogens with zero attached hydrogens (tertiary/aromatic N) is 1. The first-order valence-electron chi connectivity index (χ1n) is 6.69. The van der Waals surface area contributed by atoms with Gasteiger partial charge in [0.15, 0.2) is 0 Å². The van der Waals surface area contributed by atoms with Crippen LogP contribution in [0.2, 0.25) is 0 Å². The molecule has 106 valence electrons. The second-order valence-electron chi connectivity index (χ2n) is 5.35. The van der Waals surface area contributed by atoms with Crippen LogP contribution in [0, 0.1) is 13.8 Å². The average Bonchev–Trinajstić information content (AvgIpc) is 2.64. The molecule has 0 spiro atoms. The van der Waals surface area contributed by atoms with Crippen molar-refractivity contribution < 1.29 is 9.59 Å². The fourth-order valence-corrected chi connectivity index (χ4v) is 3.39. The highest BCUT2D eigenvalue weighted by atomic mass is 79.9. The van der Waals surface area contributed by atoms with Gasteiger partial charge in [0.1, 0.15) is 0 Å². The molecular formula is C17H14BrNO2. The molecule has 0 aliphatic carbocycles. The van der Waals surface area contributed by atoms with Crippen LogP contribution in [0.25, 0.3) is 0 Å². The predicted molar refractivity (Wildman–Crippen MR) is 85.6 cm³/mol. The minimum atomic E-state index is -0.462. The predicted octanol–water partition coefficient (Wildman–Crippen LogP) is 3.80. The number of benzene rings is 2. The molecule has 0 saturated heterocycles. The fraction of sp³-hybridized carbons (Fsp3) is 0.176. The Balaban J connectivity index is 2.04. The van der Waals surface area contributed by atoms with Crippen LogP contribution < -0.4 is 4.90 Å². The van der Waals surface area contributed by atoms with Crippen molar-refractivity contribution in [3.8, 4) is 0 Å². The van der Waals surface area contributed by atoms with Crippen LogP contribution in [0.4, 0.5) is 5.69 Å². The first-order valence-corrected chi connectivity index (χ1v) is 7.48. The largest absolute Gasteiger partial charge is 0.299 e. The van der Waals surface area contributed by atoms with Crippen molar-refractivity contribution in [2.45, 2.75) is 20.4 Å². The standard InChI is InChI=1S/C17H14BrNO2/c1-10-6-11(2)8-12(7-10)9-19-15-13(16(20)17(19)21)4-3-5-14(15)18/h3-8H,9H2,1-2H3. The van der Waals surface area contributed by atoms with Gasteiger partial charge in [0.05, 0.1) is 17.8 Å². The maximum absolute atomic E-state index is 12.2. The monoisotopic (exact) mass is 343 g/mol. The molecule has 1 aliphatic rings. The highest BCUT2D eigenvalue weighted by Gasteiger charge is 2.37. The van der Waals surface area contributed by atoms with E-state index in [-0.39, 0.29) is 0 Å². The van der Waals surface area contributed by atoms with Gasteiger partial charge in [-0.15, -0.1) is 0 Å². The van der Waals surface area contributed by atoms with Crippen LogP contribution in [0.3, 0.4) is 0 Å². The highest BCUT2D eigenvalue weighted by Crippen LogP contribution is 2.36. The van der Waals surface area contributed by atoms with Gasteiger partial charge in [-0.05, 0) is 47.5 Å². The van der Waals surface area contributed by atoms with Crippen molar-refractivity contribution in [3.05, 3.63) is 63.1 Å². The van der Waals surface area contributed by atoms with Crippen LogP contribution in [0.15, 0.2) is 40.9 Å². The van der Waals surface area contributed by atoms with E-state index in [0.29, 0.717) is 17.8 Å². The minimum absolute atomic E-state index is 0.405. The van der Waals surface area contributed by atoms with Crippen molar-refractivity contribution in [2.24, 2.45) is 0 Å². The van der Waals surface area contributed by atoms with E-state index in [1.807, 2.05) is 32.0 Å². The Bertz CT molecular complexity index is 747. The molecule has 0 fully saturated rings. The van der Waals surface area contributed by atoms with E-state index in [9.17, 15) is 9.59 Å². The maximum Gasteiger partial charge on any atom is 0.299 e. The molecule has 2 aromatic rings. The summed E-state index contributed by atoms with van der Waals surface area (Å²) < 4.78 is 0.767. The van der Waals surface area contributed by atoms with Gasteiger partial charge >= 0.3 is 0 Å². The number of aryl methyl sites for hydroxylation is 2. The van der Waals surface area contributed by atoms with E-state index in [0.717, 1.165) is 21.2 Å². The third-order valence-electron chi connectivity index (χ3n) is 3.56. The van der Waals surface area contributed by atoms with Crippen molar-refractivity contribution in [1.82, 2.24) is 0 Å². The third-order valence-corrected chi connectivity index (χ3v) is 4.20. The van der Waals surface area contributed by atoms with Crippen LogP contribution in [0.1, 0.15) is 27.0 Å². The number of rotatable bonds is 2. The Morgan fingerprint density at radius 1 is 1.05 bits per heavy atom. The molecule has 0 atom stereocenters. The summed E-state index contributed by atoms with van der Waals surface area (Å²) in [5.41, 5.74) is 4.47. The molecule has 4 heteroatoms. The molecule has 0 unspecified atom stereocenters. The normalized spacial score (nSPS) is 13.8. The molecule has 21 heavy (non-hydrogen) atoms. The van der Waals surface area contributed by atoms with Crippen molar-refractivity contribution >= 4 is 33.3 Å². The Morgan fingerprint density at radius 2 is 1.71 bits per heavy atom. The number of carbonyl (C=O) groups is 2. The number of carbonyl (C=O) groups excluding carboxylic acids is 2. The molecule has 0 saturated carbocycles. The summed E-state index contributed by atoms with van der Waals surface area (Å²) in [4.78, 5) is 25.9. The second-order valence-corrected chi connectivity index (χ2v) is 6.21. The van der Waals surface area contributed by atoms with Gasteiger partial charge in [-0.25, -0.2) is 0 Å². The Kier molecular flexibility index (Phi) is 3.41. The lowest BCUT2D eigenvalue weighted by Gasteiger charge is -2.18. The summed E-state index contributed by atoms with van der Waals surface area (Å²) in [6.45, 7) is 4.46. The highest BCUT2D eigenvalue weighted by molar-refractivity contribution is 9.10. The number of amides is 1. The molecule has 0 radical (unpaired) electrons. The third kappa shape index (κ3) is 2.40. The minimum Gasteiger partial charge on any atom is -0.299 e. The van der Waals surface area contributed by atoms with E-state index < -0.39 is 11.7 Å². The zero-order valence-electron chi connectivity index (χ0n) is 11.8. The summed E-state index contributed by atoms with van der Waals surface area (Å²) in [7, 11) is 0. The van der Waals surface area contributed by atoms with E-state index in [1.165, 1.54) is 0 Å². The van der Waals surface area contributed by atoms with E-state index in [2.05, 4.69) is 22.0 Å². The maximum atomic E-state index is 12.2. The van der Waals surface area contributed by atoms with E-state index >= 15 is 0 Å². The number of para-hydroxylation sites is 1. The first-order chi connectivity index (χ1) is 9.97. The average molecular weight is 344 g/mol. The lowest BCUT2D eigenvalue weighted by Crippen LogP contribution is -2.29. The summed E-state index contributed by atoms with van der Waals surface area (Å²) in [5, 5.41) is 0. The summed E-state index contributed by atoms with van der Waals surface area (Å²) >= 11 is 3.44. The first kappa shape index (κ1) is 14.0. The molecule has 1 amide bonds. The molecule has 3 rings (SSSR count). The number of halogens is 1. The summed E-state index contributed by atoms with van der Waals surface area (Å²) in [5.74, 6) is -0.897. The summed E-state index contributed by atoms with van der Waals surface area (Å²) in [6, 6.07) is 11.5. The molecule has 2 aromatic carbocycles. The van der Waals surface area contributed by atoms with Gasteiger partial charge in [-0.2, -0.15) is 0 Å². The number of fused-ring (bicyclic) bond motifs is 1. The number of Topliss-reactive ketones (excluding diaryl/α,β-unsaturated/α-hetero) is 1.